The Labute approximate surface area is 158 Å². The van der Waals surface area contributed by atoms with Crippen LogP contribution in [0.1, 0.15) is 69.0 Å². The molecule has 2 N–H and O–H groups in total. The van der Waals surface area contributed by atoms with Gasteiger partial charge >= 0.3 is 5.97 Å². The minimum atomic E-state index is -0.403. The fourth-order valence-corrected chi connectivity index (χ4v) is 3.78. The first-order chi connectivity index (χ1) is 12.5. The van der Waals surface area contributed by atoms with Crippen LogP contribution in [0.2, 0.25) is 0 Å². The van der Waals surface area contributed by atoms with E-state index in [9.17, 15) is 9.59 Å². The van der Waals surface area contributed by atoms with Gasteiger partial charge in [0.2, 0.25) is 0 Å². The van der Waals surface area contributed by atoms with E-state index >= 15 is 0 Å². The highest BCUT2D eigenvalue weighted by Gasteiger charge is 2.24. The van der Waals surface area contributed by atoms with Crippen LogP contribution in [0.15, 0.2) is 5.38 Å². The standard InChI is InChI=1S/C19H27N3O3S/c1-5-8-14-16(19(24)25-4)13(3)22-17(14)18(23)20-10-7-6-9-15-21-12(2)11-26-15/h11,22H,5-10H2,1-4H3,(H,20,23). The van der Waals surface area contributed by atoms with Crippen LogP contribution in [0, 0.1) is 13.8 Å². The number of nitrogens with one attached hydrogen (secondary N) is 2. The maximum atomic E-state index is 12.5. The van der Waals surface area contributed by atoms with Crippen molar-refractivity contribution in [1.29, 1.82) is 0 Å². The molecule has 0 radical (unpaired) electrons. The van der Waals surface area contributed by atoms with Crippen molar-refractivity contribution >= 4 is 23.2 Å². The lowest BCUT2D eigenvalue weighted by molar-refractivity contribution is 0.0599. The average Bonchev–Trinajstić information content (AvgIpc) is 3.17. The Morgan fingerprint density at radius 2 is 2.04 bits per heavy atom. The Bertz CT molecular complexity index is 764. The van der Waals surface area contributed by atoms with Crippen LogP contribution >= 0.6 is 11.3 Å². The van der Waals surface area contributed by atoms with Gasteiger partial charge in [0.25, 0.3) is 5.91 Å². The summed E-state index contributed by atoms with van der Waals surface area (Å²) in [5.41, 5.74) is 3.43. The van der Waals surface area contributed by atoms with Crippen molar-refractivity contribution in [3.8, 4) is 0 Å². The second-order valence-corrected chi connectivity index (χ2v) is 7.26. The zero-order chi connectivity index (χ0) is 19.1. The number of aryl methyl sites for hydroxylation is 3. The third kappa shape index (κ3) is 4.94. The topological polar surface area (TPSA) is 84.1 Å². The number of carbonyl (C=O) groups excluding carboxylic acids is 2. The number of aromatic amines is 1. The first kappa shape index (κ1) is 20.2. The number of carbonyl (C=O) groups is 2. The molecule has 2 aromatic heterocycles. The molecule has 142 valence electrons. The minimum Gasteiger partial charge on any atom is -0.465 e. The molecule has 26 heavy (non-hydrogen) atoms. The molecule has 0 unspecified atom stereocenters. The van der Waals surface area contributed by atoms with E-state index < -0.39 is 5.97 Å². The number of amides is 1. The molecule has 0 fully saturated rings. The Hall–Kier alpha value is -2.15. The molecule has 0 aliphatic rings. The van der Waals surface area contributed by atoms with E-state index in [1.165, 1.54) is 7.11 Å². The van der Waals surface area contributed by atoms with E-state index in [-0.39, 0.29) is 5.91 Å². The molecule has 7 heteroatoms. The first-order valence-corrected chi connectivity index (χ1v) is 9.84. The molecule has 2 rings (SSSR count). The number of rotatable bonds is 9. The summed E-state index contributed by atoms with van der Waals surface area (Å²) in [7, 11) is 1.36. The lowest BCUT2D eigenvalue weighted by atomic mass is 10.0. The van der Waals surface area contributed by atoms with Crippen molar-refractivity contribution in [2.24, 2.45) is 0 Å². The molecule has 2 aromatic rings. The summed E-state index contributed by atoms with van der Waals surface area (Å²) < 4.78 is 4.86. The summed E-state index contributed by atoms with van der Waals surface area (Å²) in [6.45, 7) is 6.40. The minimum absolute atomic E-state index is 0.170. The number of ether oxygens (including phenoxy) is 1. The maximum Gasteiger partial charge on any atom is 0.339 e. The third-order valence-corrected chi connectivity index (χ3v) is 5.20. The van der Waals surface area contributed by atoms with Crippen LogP contribution in [0.25, 0.3) is 0 Å². The fourth-order valence-electron chi connectivity index (χ4n) is 2.96. The van der Waals surface area contributed by atoms with Crippen molar-refractivity contribution in [3.63, 3.8) is 0 Å². The molecule has 2 heterocycles. The van der Waals surface area contributed by atoms with Gasteiger partial charge in [0.05, 0.1) is 17.7 Å². The predicted molar refractivity (Wildman–Crippen MR) is 103 cm³/mol. The van der Waals surface area contributed by atoms with E-state index in [1.807, 2.05) is 13.8 Å². The highest BCUT2D eigenvalue weighted by Crippen LogP contribution is 2.22. The number of nitrogens with zero attached hydrogens (tertiary/aromatic N) is 1. The van der Waals surface area contributed by atoms with Crippen LogP contribution in [0.3, 0.4) is 0 Å². The highest BCUT2D eigenvalue weighted by atomic mass is 32.1. The molecular formula is C19H27N3O3S. The summed E-state index contributed by atoms with van der Waals surface area (Å²) in [5.74, 6) is -0.572. The highest BCUT2D eigenvalue weighted by molar-refractivity contribution is 7.09. The monoisotopic (exact) mass is 377 g/mol. The molecular weight excluding hydrogens is 350 g/mol. The van der Waals surface area contributed by atoms with Crippen LogP contribution in [0.4, 0.5) is 0 Å². The molecule has 0 aliphatic heterocycles. The molecule has 0 aliphatic carbocycles. The zero-order valence-corrected chi connectivity index (χ0v) is 16.7. The molecule has 0 atom stereocenters. The van der Waals surface area contributed by atoms with Gasteiger partial charge in [0, 0.05) is 23.3 Å². The van der Waals surface area contributed by atoms with E-state index in [0.717, 1.165) is 41.9 Å². The molecule has 6 nitrogen and oxygen atoms in total. The molecule has 0 bridgehead atoms. The van der Waals surface area contributed by atoms with Crippen molar-refractivity contribution in [2.45, 2.75) is 52.9 Å². The Morgan fingerprint density at radius 3 is 2.65 bits per heavy atom. The third-order valence-electron chi connectivity index (χ3n) is 4.18. The summed E-state index contributed by atoms with van der Waals surface area (Å²) in [4.78, 5) is 32.1. The second-order valence-electron chi connectivity index (χ2n) is 6.32. The predicted octanol–water partition coefficient (Wildman–Crippen LogP) is 3.58. The summed E-state index contributed by atoms with van der Waals surface area (Å²) in [6.07, 6.45) is 4.29. The SMILES string of the molecule is CCCc1c(C(=O)NCCCCc2nc(C)cs2)[nH]c(C)c1C(=O)OC. The van der Waals surface area contributed by atoms with Crippen LogP contribution < -0.4 is 5.32 Å². The number of unbranched alkanes of at least 4 members (excludes halogenated alkanes) is 1. The quantitative estimate of drug-likeness (QED) is 0.517. The summed E-state index contributed by atoms with van der Waals surface area (Å²) >= 11 is 1.68. The number of hydrogen-bond donors (Lipinski definition) is 2. The number of methoxy groups -OCH3 is 1. The van der Waals surface area contributed by atoms with E-state index in [0.29, 0.717) is 29.9 Å². The van der Waals surface area contributed by atoms with Gasteiger partial charge in [-0.1, -0.05) is 13.3 Å². The smallest absolute Gasteiger partial charge is 0.339 e. The van der Waals surface area contributed by atoms with Gasteiger partial charge in [-0.2, -0.15) is 0 Å². The van der Waals surface area contributed by atoms with Gasteiger partial charge in [-0.3, -0.25) is 4.79 Å². The van der Waals surface area contributed by atoms with E-state index in [1.54, 1.807) is 18.3 Å². The average molecular weight is 378 g/mol. The van der Waals surface area contributed by atoms with Crippen LogP contribution in [0.5, 0.6) is 0 Å². The van der Waals surface area contributed by atoms with Gasteiger partial charge in [-0.15, -0.1) is 11.3 Å². The Balaban J connectivity index is 1.93. The van der Waals surface area contributed by atoms with Gasteiger partial charge in [0.1, 0.15) is 5.69 Å². The number of H-pyrrole nitrogens is 1. The van der Waals surface area contributed by atoms with Crippen LogP contribution in [-0.2, 0) is 17.6 Å². The van der Waals surface area contributed by atoms with Gasteiger partial charge in [-0.05, 0) is 45.1 Å². The largest absolute Gasteiger partial charge is 0.465 e. The Kier molecular flexibility index (Phi) is 7.38. The van der Waals surface area contributed by atoms with Gasteiger partial charge in [-0.25, -0.2) is 9.78 Å². The van der Waals surface area contributed by atoms with Crippen LogP contribution in [-0.4, -0.2) is 35.5 Å². The normalized spacial score (nSPS) is 10.8. The molecule has 0 spiro atoms. The Morgan fingerprint density at radius 1 is 1.27 bits per heavy atom. The number of thiazole rings is 1. The van der Waals surface area contributed by atoms with E-state index in [2.05, 4.69) is 20.7 Å². The number of aromatic nitrogens is 2. The molecule has 0 saturated carbocycles. The van der Waals surface area contributed by atoms with E-state index in [4.69, 9.17) is 4.74 Å². The lowest BCUT2D eigenvalue weighted by Gasteiger charge is -2.07. The summed E-state index contributed by atoms with van der Waals surface area (Å²) in [5, 5.41) is 6.14. The van der Waals surface area contributed by atoms with Gasteiger partial charge < -0.3 is 15.0 Å². The zero-order valence-electron chi connectivity index (χ0n) is 15.9. The molecule has 0 aromatic carbocycles. The lowest BCUT2D eigenvalue weighted by Crippen LogP contribution is -2.26. The number of esters is 1. The first-order valence-electron chi connectivity index (χ1n) is 8.96. The summed E-state index contributed by atoms with van der Waals surface area (Å²) in [6, 6.07) is 0. The van der Waals surface area contributed by atoms with Crippen molar-refractivity contribution in [1.82, 2.24) is 15.3 Å². The van der Waals surface area contributed by atoms with Gasteiger partial charge in [0.15, 0.2) is 0 Å². The molecule has 0 saturated heterocycles. The van der Waals surface area contributed by atoms with Crippen molar-refractivity contribution in [2.75, 3.05) is 13.7 Å². The fraction of sp³-hybridized carbons (Fsp3) is 0.526. The number of hydrogen-bond acceptors (Lipinski definition) is 5. The van der Waals surface area contributed by atoms with Crippen molar-refractivity contribution < 1.29 is 14.3 Å². The molecule has 1 amide bonds. The maximum absolute atomic E-state index is 12.5. The second kappa shape index (κ2) is 9.52. The van der Waals surface area contributed by atoms with Crippen molar-refractivity contribution in [3.05, 3.63) is 38.6 Å².